The van der Waals surface area contributed by atoms with Gasteiger partial charge in [-0.3, -0.25) is 4.79 Å². The average Bonchev–Trinajstić information content (AvgIpc) is 2.96. The fourth-order valence-corrected chi connectivity index (χ4v) is 4.07. The summed E-state index contributed by atoms with van der Waals surface area (Å²) in [5, 5.41) is 2.55. The van der Waals surface area contributed by atoms with Gasteiger partial charge in [0, 0.05) is 12.0 Å². The summed E-state index contributed by atoms with van der Waals surface area (Å²) in [6.45, 7) is 6.23. The van der Waals surface area contributed by atoms with Crippen molar-refractivity contribution in [1.29, 1.82) is 0 Å². The lowest BCUT2D eigenvalue weighted by Crippen LogP contribution is -2.42. The Kier molecular flexibility index (Phi) is 5.62. The fourth-order valence-electron chi connectivity index (χ4n) is 3.05. The number of nitrogens with zero attached hydrogens (tertiary/aromatic N) is 1. The topological polar surface area (TPSA) is 46.6 Å². The molecule has 0 unspecified atom stereocenters. The van der Waals surface area contributed by atoms with E-state index in [4.69, 9.17) is 4.74 Å². The van der Waals surface area contributed by atoms with Crippen molar-refractivity contribution in [3.63, 3.8) is 0 Å². The minimum Gasteiger partial charge on any atom is -0.465 e. The summed E-state index contributed by atoms with van der Waals surface area (Å²) in [4.78, 5) is 26.7. The van der Waals surface area contributed by atoms with Crippen LogP contribution in [0.3, 0.4) is 0 Å². The smallest absolute Gasteiger partial charge is 0.340 e. The summed E-state index contributed by atoms with van der Waals surface area (Å²) >= 11 is 1.43. The normalized spacial score (nSPS) is 21.7. The maximum atomic E-state index is 13.0. The summed E-state index contributed by atoms with van der Waals surface area (Å²) in [6.07, 6.45) is 4.11. The zero-order valence-electron chi connectivity index (χ0n) is 13.8. The number of carbonyl (C=O) groups is 2. The molecule has 1 heterocycles. The first-order valence-electron chi connectivity index (χ1n) is 7.94. The summed E-state index contributed by atoms with van der Waals surface area (Å²) in [6, 6.07) is 1.76. The van der Waals surface area contributed by atoms with Gasteiger partial charge in [-0.25, -0.2) is 4.79 Å². The van der Waals surface area contributed by atoms with Gasteiger partial charge in [0.1, 0.15) is 5.00 Å². The number of carbonyl (C=O) groups excluding carboxylic acids is 2. The zero-order chi connectivity index (χ0) is 16.3. The molecule has 1 fully saturated rings. The van der Waals surface area contributed by atoms with Crippen molar-refractivity contribution in [1.82, 2.24) is 0 Å². The number of hydrogen-bond donors (Lipinski definition) is 0. The van der Waals surface area contributed by atoms with Crippen molar-refractivity contribution >= 4 is 28.2 Å². The molecule has 1 aliphatic rings. The molecule has 0 saturated heterocycles. The lowest BCUT2D eigenvalue weighted by Gasteiger charge is -2.33. The van der Waals surface area contributed by atoms with Crippen LogP contribution in [0.15, 0.2) is 11.4 Å². The van der Waals surface area contributed by atoms with Gasteiger partial charge in [-0.2, -0.15) is 0 Å². The van der Waals surface area contributed by atoms with Gasteiger partial charge in [0.25, 0.3) is 0 Å². The van der Waals surface area contributed by atoms with Gasteiger partial charge in [0.05, 0.1) is 12.7 Å². The number of rotatable bonds is 4. The van der Waals surface area contributed by atoms with Gasteiger partial charge in [-0.1, -0.05) is 6.92 Å². The molecule has 4 nitrogen and oxygen atoms in total. The first-order valence-corrected chi connectivity index (χ1v) is 8.82. The van der Waals surface area contributed by atoms with Crippen LogP contribution in [-0.4, -0.2) is 25.0 Å². The maximum absolute atomic E-state index is 13.0. The third kappa shape index (κ3) is 3.51. The molecule has 1 amide bonds. The van der Waals surface area contributed by atoms with Crippen molar-refractivity contribution in [3.8, 4) is 0 Å². The molecular formula is C17H25NO3S. The SMILES string of the molecule is COC(=O)c1ccsc1N(C(=O)C1CCC(C)CC1)C(C)C. The van der Waals surface area contributed by atoms with Crippen molar-refractivity contribution in [3.05, 3.63) is 17.0 Å². The molecule has 0 atom stereocenters. The van der Waals surface area contributed by atoms with E-state index >= 15 is 0 Å². The number of ether oxygens (including phenoxy) is 1. The van der Waals surface area contributed by atoms with E-state index in [9.17, 15) is 9.59 Å². The summed E-state index contributed by atoms with van der Waals surface area (Å²) in [7, 11) is 1.37. The molecule has 1 aromatic rings. The van der Waals surface area contributed by atoms with E-state index < -0.39 is 0 Å². The summed E-state index contributed by atoms with van der Waals surface area (Å²) in [5.41, 5.74) is 0.485. The Morgan fingerprint density at radius 3 is 2.45 bits per heavy atom. The number of hydrogen-bond acceptors (Lipinski definition) is 4. The summed E-state index contributed by atoms with van der Waals surface area (Å²) in [5.74, 6) is 0.552. The Morgan fingerprint density at radius 1 is 1.27 bits per heavy atom. The molecule has 0 spiro atoms. The number of methoxy groups -OCH3 is 1. The maximum Gasteiger partial charge on any atom is 0.340 e. The minimum absolute atomic E-state index is 0.0221. The van der Waals surface area contributed by atoms with Crippen LogP contribution < -0.4 is 4.90 Å². The second-order valence-electron chi connectivity index (χ2n) is 6.39. The Labute approximate surface area is 136 Å². The predicted octanol–water partition coefficient (Wildman–Crippen LogP) is 4.10. The first kappa shape index (κ1) is 17.0. The van der Waals surface area contributed by atoms with Gasteiger partial charge < -0.3 is 9.64 Å². The van der Waals surface area contributed by atoms with E-state index in [1.54, 1.807) is 11.0 Å². The van der Waals surface area contributed by atoms with Gasteiger partial charge in [-0.05, 0) is 56.9 Å². The molecule has 0 aliphatic heterocycles. The van der Waals surface area contributed by atoms with Crippen LogP contribution in [0, 0.1) is 11.8 Å². The molecule has 1 aliphatic carbocycles. The standard InChI is InChI=1S/C17H25NO3S/c1-11(2)18(15(19)13-7-5-12(3)6-8-13)16-14(9-10-22-16)17(20)21-4/h9-13H,5-8H2,1-4H3. The van der Waals surface area contributed by atoms with Crippen molar-refractivity contribution in [2.75, 3.05) is 12.0 Å². The Balaban J connectivity index is 2.25. The molecule has 0 aromatic carbocycles. The molecule has 22 heavy (non-hydrogen) atoms. The fraction of sp³-hybridized carbons (Fsp3) is 0.647. The Hall–Kier alpha value is -1.36. The molecule has 5 heteroatoms. The van der Waals surface area contributed by atoms with E-state index in [1.807, 2.05) is 19.2 Å². The Morgan fingerprint density at radius 2 is 1.91 bits per heavy atom. The number of amides is 1. The lowest BCUT2D eigenvalue weighted by atomic mass is 9.82. The summed E-state index contributed by atoms with van der Waals surface area (Å²) < 4.78 is 4.83. The highest BCUT2D eigenvalue weighted by molar-refractivity contribution is 7.14. The largest absolute Gasteiger partial charge is 0.465 e. The monoisotopic (exact) mass is 323 g/mol. The third-order valence-corrected chi connectivity index (χ3v) is 5.30. The number of esters is 1. The van der Waals surface area contributed by atoms with E-state index in [0.717, 1.165) is 25.7 Å². The van der Waals surface area contributed by atoms with Crippen LogP contribution >= 0.6 is 11.3 Å². The van der Waals surface area contributed by atoms with Gasteiger partial charge in [-0.15, -0.1) is 11.3 Å². The van der Waals surface area contributed by atoms with Gasteiger partial charge in [0.15, 0.2) is 0 Å². The second kappa shape index (κ2) is 7.27. The highest BCUT2D eigenvalue weighted by atomic mass is 32.1. The molecule has 1 aromatic heterocycles. The van der Waals surface area contributed by atoms with Crippen LogP contribution in [0.4, 0.5) is 5.00 Å². The Bertz CT molecular complexity index is 530. The molecule has 0 radical (unpaired) electrons. The lowest BCUT2D eigenvalue weighted by molar-refractivity contribution is -0.123. The molecule has 1 saturated carbocycles. The molecule has 0 bridgehead atoms. The highest BCUT2D eigenvalue weighted by Crippen LogP contribution is 2.35. The number of thiophene rings is 1. The van der Waals surface area contributed by atoms with Crippen molar-refractivity contribution < 1.29 is 14.3 Å². The van der Waals surface area contributed by atoms with Crippen LogP contribution in [-0.2, 0) is 9.53 Å². The van der Waals surface area contributed by atoms with Crippen LogP contribution in [0.1, 0.15) is 56.8 Å². The second-order valence-corrected chi connectivity index (χ2v) is 7.28. The first-order chi connectivity index (χ1) is 10.5. The van der Waals surface area contributed by atoms with Crippen molar-refractivity contribution in [2.24, 2.45) is 11.8 Å². The van der Waals surface area contributed by atoms with E-state index in [2.05, 4.69) is 6.92 Å². The van der Waals surface area contributed by atoms with E-state index in [0.29, 0.717) is 16.5 Å². The zero-order valence-corrected chi connectivity index (χ0v) is 14.6. The van der Waals surface area contributed by atoms with Gasteiger partial charge in [0.2, 0.25) is 5.91 Å². The third-order valence-electron chi connectivity index (χ3n) is 4.39. The number of anilines is 1. The van der Waals surface area contributed by atoms with E-state index in [-0.39, 0.29) is 23.8 Å². The van der Waals surface area contributed by atoms with Crippen LogP contribution in [0.2, 0.25) is 0 Å². The molecular weight excluding hydrogens is 298 g/mol. The molecule has 122 valence electrons. The van der Waals surface area contributed by atoms with Gasteiger partial charge >= 0.3 is 5.97 Å². The highest BCUT2D eigenvalue weighted by Gasteiger charge is 2.32. The predicted molar refractivity (Wildman–Crippen MR) is 89.4 cm³/mol. The van der Waals surface area contributed by atoms with Crippen LogP contribution in [0.25, 0.3) is 0 Å². The van der Waals surface area contributed by atoms with E-state index in [1.165, 1.54) is 18.4 Å². The van der Waals surface area contributed by atoms with Crippen molar-refractivity contribution in [2.45, 2.75) is 52.5 Å². The quantitative estimate of drug-likeness (QED) is 0.784. The molecule has 2 rings (SSSR count). The van der Waals surface area contributed by atoms with Crippen LogP contribution in [0.5, 0.6) is 0 Å². The average molecular weight is 323 g/mol. The minimum atomic E-state index is -0.382. The molecule has 0 N–H and O–H groups in total.